The van der Waals surface area contributed by atoms with Crippen LogP contribution in [-0.4, -0.2) is 0 Å². The summed E-state index contributed by atoms with van der Waals surface area (Å²) in [5, 5.41) is 0. The van der Waals surface area contributed by atoms with E-state index in [2.05, 4.69) is 26.8 Å². The van der Waals surface area contributed by atoms with Crippen LogP contribution >= 0.6 is 0 Å². The number of rotatable bonds is 0. The average molecular weight is 240 g/mol. The molecule has 0 bridgehead atoms. The number of hydrogen-bond donors (Lipinski definition) is 0. The van der Waals surface area contributed by atoms with E-state index in [-0.39, 0.29) is 0 Å². The summed E-state index contributed by atoms with van der Waals surface area (Å²) in [5.41, 5.74) is 9.65. The molecule has 0 spiro atoms. The first-order valence-electron chi connectivity index (χ1n) is 7.70. The Bertz CT molecular complexity index is 539. The molecule has 0 heterocycles. The average Bonchev–Trinajstić information content (AvgIpc) is 2.68. The standard InChI is InChI=1S/C18H24/c1-12-11-13-5-4-7-17(2)9-10-18(3)8-6-14(12)16(18)15(13)17/h11H,4-10H2,1-3H3. The molecule has 0 saturated carbocycles. The van der Waals surface area contributed by atoms with E-state index in [4.69, 9.17) is 0 Å². The van der Waals surface area contributed by atoms with Gasteiger partial charge in [-0.25, -0.2) is 0 Å². The predicted molar refractivity (Wildman–Crippen MR) is 76.4 cm³/mol. The highest BCUT2D eigenvalue weighted by molar-refractivity contribution is 5.57. The van der Waals surface area contributed by atoms with Crippen molar-refractivity contribution in [3.63, 3.8) is 0 Å². The van der Waals surface area contributed by atoms with E-state index < -0.39 is 0 Å². The van der Waals surface area contributed by atoms with Crippen molar-refractivity contribution in [3.05, 3.63) is 33.9 Å². The largest absolute Gasteiger partial charge is 0.0555 e. The van der Waals surface area contributed by atoms with Crippen molar-refractivity contribution in [2.45, 2.75) is 76.5 Å². The zero-order chi connectivity index (χ0) is 12.5. The Labute approximate surface area is 111 Å². The topological polar surface area (TPSA) is 0 Å². The Kier molecular flexibility index (Phi) is 1.98. The van der Waals surface area contributed by atoms with Gasteiger partial charge in [-0.1, -0.05) is 19.9 Å². The SMILES string of the molecule is Cc1cc2c3c4c1CCC4(C)CCC3(C)CCC2. The maximum Gasteiger partial charge on any atom is -0.00659 e. The molecule has 2 unspecified atom stereocenters. The second-order valence-electron chi connectivity index (χ2n) is 7.56. The van der Waals surface area contributed by atoms with E-state index in [1.165, 1.54) is 44.9 Å². The number of benzene rings is 1. The molecule has 0 nitrogen and oxygen atoms in total. The first-order chi connectivity index (χ1) is 8.54. The van der Waals surface area contributed by atoms with E-state index in [0.29, 0.717) is 10.8 Å². The van der Waals surface area contributed by atoms with Crippen LogP contribution in [0.5, 0.6) is 0 Å². The zero-order valence-corrected chi connectivity index (χ0v) is 12.0. The van der Waals surface area contributed by atoms with Gasteiger partial charge in [0.05, 0.1) is 0 Å². The van der Waals surface area contributed by atoms with Crippen molar-refractivity contribution < 1.29 is 0 Å². The molecule has 0 amide bonds. The maximum atomic E-state index is 2.54. The highest BCUT2D eigenvalue weighted by Crippen LogP contribution is 2.57. The lowest BCUT2D eigenvalue weighted by Gasteiger charge is -2.47. The lowest BCUT2D eigenvalue weighted by molar-refractivity contribution is 0.268. The van der Waals surface area contributed by atoms with Gasteiger partial charge in [0.1, 0.15) is 0 Å². The molecule has 0 aliphatic heterocycles. The Hall–Kier alpha value is -0.780. The molecule has 3 aliphatic carbocycles. The molecule has 0 saturated heterocycles. The Morgan fingerprint density at radius 3 is 2.39 bits per heavy atom. The van der Waals surface area contributed by atoms with Gasteiger partial charge in [-0.3, -0.25) is 0 Å². The van der Waals surface area contributed by atoms with Crippen LogP contribution in [0.1, 0.15) is 73.8 Å². The molecule has 0 heteroatoms. The highest BCUT2D eigenvalue weighted by Gasteiger charge is 2.48. The van der Waals surface area contributed by atoms with Gasteiger partial charge in [-0.05, 0) is 90.5 Å². The van der Waals surface area contributed by atoms with E-state index in [9.17, 15) is 0 Å². The minimum Gasteiger partial charge on any atom is -0.0555 e. The number of aryl methyl sites for hydroxylation is 2. The fraction of sp³-hybridized carbons (Fsp3) is 0.667. The van der Waals surface area contributed by atoms with Gasteiger partial charge in [-0.2, -0.15) is 0 Å². The molecule has 0 radical (unpaired) electrons. The lowest BCUT2D eigenvalue weighted by atomic mass is 9.57. The first kappa shape index (κ1) is 11.1. The molecule has 96 valence electrons. The van der Waals surface area contributed by atoms with Crippen molar-refractivity contribution in [2.75, 3.05) is 0 Å². The van der Waals surface area contributed by atoms with Gasteiger partial charge in [-0.15, -0.1) is 0 Å². The van der Waals surface area contributed by atoms with Crippen LogP contribution < -0.4 is 0 Å². The fourth-order valence-corrected chi connectivity index (χ4v) is 5.18. The molecular formula is C18H24. The van der Waals surface area contributed by atoms with Crippen LogP contribution in [0.4, 0.5) is 0 Å². The van der Waals surface area contributed by atoms with Gasteiger partial charge in [0, 0.05) is 0 Å². The molecular weight excluding hydrogens is 216 g/mol. The normalized spacial score (nSPS) is 36.6. The zero-order valence-electron chi connectivity index (χ0n) is 12.0. The van der Waals surface area contributed by atoms with Crippen molar-refractivity contribution in [2.24, 2.45) is 0 Å². The number of hydrogen-bond acceptors (Lipinski definition) is 0. The lowest BCUT2D eigenvalue weighted by Crippen LogP contribution is -2.39. The fourth-order valence-electron chi connectivity index (χ4n) is 5.18. The van der Waals surface area contributed by atoms with E-state index in [1.54, 1.807) is 22.3 Å². The van der Waals surface area contributed by atoms with Crippen LogP contribution in [0.2, 0.25) is 0 Å². The van der Waals surface area contributed by atoms with Gasteiger partial charge in [0.25, 0.3) is 0 Å². The molecule has 0 fully saturated rings. The second-order valence-corrected chi connectivity index (χ2v) is 7.56. The highest BCUT2D eigenvalue weighted by atomic mass is 14.5. The smallest absolute Gasteiger partial charge is 0.00659 e. The van der Waals surface area contributed by atoms with Crippen molar-refractivity contribution in [3.8, 4) is 0 Å². The van der Waals surface area contributed by atoms with Gasteiger partial charge >= 0.3 is 0 Å². The molecule has 1 aromatic rings. The summed E-state index contributed by atoms with van der Waals surface area (Å²) < 4.78 is 0. The van der Waals surface area contributed by atoms with Crippen molar-refractivity contribution in [1.29, 1.82) is 0 Å². The first-order valence-corrected chi connectivity index (χ1v) is 7.70. The molecule has 2 atom stereocenters. The second kappa shape index (κ2) is 3.21. The van der Waals surface area contributed by atoms with Crippen molar-refractivity contribution in [1.82, 2.24) is 0 Å². The summed E-state index contributed by atoms with van der Waals surface area (Å²) >= 11 is 0. The molecule has 18 heavy (non-hydrogen) atoms. The van der Waals surface area contributed by atoms with Crippen LogP contribution in [0.15, 0.2) is 6.07 Å². The molecule has 0 N–H and O–H groups in total. The third-order valence-corrected chi connectivity index (χ3v) is 6.28. The summed E-state index contributed by atoms with van der Waals surface area (Å²) in [4.78, 5) is 0. The van der Waals surface area contributed by atoms with Crippen LogP contribution in [-0.2, 0) is 23.7 Å². The molecule has 3 aliphatic rings. The summed E-state index contributed by atoms with van der Waals surface area (Å²) in [6.45, 7) is 7.42. The van der Waals surface area contributed by atoms with Gasteiger partial charge in [0.15, 0.2) is 0 Å². The Morgan fingerprint density at radius 1 is 0.889 bits per heavy atom. The minimum absolute atomic E-state index is 0.509. The molecule has 1 aromatic carbocycles. The van der Waals surface area contributed by atoms with Gasteiger partial charge in [0.2, 0.25) is 0 Å². The van der Waals surface area contributed by atoms with Crippen LogP contribution in [0.25, 0.3) is 0 Å². The Morgan fingerprint density at radius 2 is 1.61 bits per heavy atom. The van der Waals surface area contributed by atoms with E-state index in [1.807, 2.05) is 5.56 Å². The summed E-state index contributed by atoms with van der Waals surface area (Å²) in [6.07, 6.45) is 9.73. The maximum absolute atomic E-state index is 2.54. The Balaban J connectivity index is 2.10. The van der Waals surface area contributed by atoms with E-state index in [0.717, 1.165) is 0 Å². The predicted octanol–water partition coefficient (Wildman–Crippen LogP) is 4.59. The molecule has 4 rings (SSSR count). The van der Waals surface area contributed by atoms with Crippen LogP contribution in [0.3, 0.4) is 0 Å². The monoisotopic (exact) mass is 240 g/mol. The van der Waals surface area contributed by atoms with Crippen molar-refractivity contribution >= 4 is 0 Å². The molecule has 0 aromatic heterocycles. The van der Waals surface area contributed by atoms with Crippen LogP contribution in [0, 0.1) is 6.92 Å². The third kappa shape index (κ3) is 1.17. The summed E-state index contributed by atoms with van der Waals surface area (Å²) in [7, 11) is 0. The summed E-state index contributed by atoms with van der Waals surface area (Å²) in [6, 6.07) is 2.53. The van der Waals surface area contributed by atoms with Gasteiger partial charge < -0.3 is 0 Å². The third-order valence-electron chi connectivity index (χ3n) is 6.28. The minimum atomic E-state index is 0.509. The quantitative estimate of drug-likeness (QED) is 0.622. The summed E-state index contributed by atoms with van der Waals surface area (Å²) in [5.74, 6) is 0. The van der Waals surface area contributed by atoms with E-state index >= 15 is 0 Å².